The molecule has 0 saturated heterocycles. The minimum atomic E-state index is 0.420. The van der Waals surface area contributed by atoms with Gasteiger partial charge >= 0.3 is 6.08 Å². The second-order valence-corrected chi connectivity index (χ2v) is 2.77. The fourth-order valence-electron chi connectivity index (χ4n) is 1.12. The summed E-state index contributed by atoms with van der Waals surface area (Å²) in [5.74, 6) is 0. The SMILES string of the molecule is c1ccc(COC2=NCCO2)cc1. The first-order chi connectivity index (χ1) is 6.45. The zero-order chi connectivity index (χ0) is 8.93. The van der Waals surface area contributed by atoms with Crippen molar-refractivity contribution in [3.8, 4) is 0 Å². The first-order valence-corrected chi connectivity index (χ1v) is 4.29. The van der Waals surface area contributed by atoms with E-state index in [-0.39, 0.29) is 0 Å². The quantitative estimate of drug-likeness (QED) is 0.686. The lowest BCUT2D eigenvalue weighted by atomic mass is 10.2. The van der Waals surface area contributed by atoms with E-state index in [1.165, 1.54) is 0 Å². The van der Waals surface area contributed by atoms with E-state index in [1.807, 2.05) is 30.3 Å². The lowest BCUT2D eigenvalue weighted by Crippen LogP contribution is -2.04. The van der Waals surface area contributed by atoms with E-state index >= 15 is 0 Å². The lowest BCUT2D eigenvalue weighted by molar-refractivity contribution is 0.181. The van der Waals surface area contributed by atoms with Gasteiger partial charge in [-0.15, -0.1) is 0 Å². The van der Waals surface area contributed by atoms with E-state index in [2.05, 4.69) is 4.99 Å². The molecule has 1 heterocycles. The van der Waals surface area contributed by atoms with E-state index < -0.39 is 0 Å². The Kier molecular flexibility index (Phi) is 2.45. The molecule has 0 saturated carbocycles. The van der Waals surface area contributed by atoms with Gasteiger partial charge in [0.05, 0.1) is 6.54 Å². The largest absolute Gasteiger partial charge is 0.449 e. The maximum atomic E-state index is 5.32. The van der Waals surface area contributed by atoms with Gasteiger partial charge in [-0.25, -0.2) is 4.99 Å². The van der Waals surface area contributed by atoms with Crippen LogP contribution < -0.4 is 0 Å². The lowest BCUT2D eigenvalue weighted by Gasteiger charge is -2.04. The highest BCUT2D eigenvalue weighted by atomic mass is 16.7. The molecule has 1 aliphatic rings. The van der Waals surface area contributed by atoms with Crippen LogP contribution in [-0.4, -0.2) is 19.2 Å². The Morgan fingerprint density at radius 1 is 1.31 bits per heavy atom. The van der Waals surface area contributed by atoms with Gasteiger partial charge in [-0.3, -0.25) is 0 Å². The van der Waals surface area contributed by atoms with Crippen LogP contribution in [0.5, 0.6) is 0 Å². The summed E-state index contributed by atoms with van der Waals surface area (Å²) in [4.78, 5) is 4.02. The third-order valence-electron chi connectivity index (χ3n) is 1.76. The van der Waals surface area contributed by atoms with Crippen molar-refractivity contribution in [1.82, 2.24) is 0 Å². The van der Waals surface area contributed by atoms with E-state index in [9.17, 15) is 0 Å². The van der Waals surface area contributed by atoms with Crippen LogP contribution in [0.3, 0.4) is 0 Å². The highest BCUT2D eigenvalue weighted by Gasteiger charge is 2.07. The van der Waals surface area contributed by atoms with Crippen LogP contribution in [0.25, 0.3) is 0 Å². The van der Waals surface area contributed by atoms with Crippen LogP contribution in [0.4, 0.5) is 0 Å². The molecule has 1 aliphatic heterocycles. The Morgan fingerprint density at radius 3 is 2.85 bits per heavy atom. The average Bonchev–Trinajstić information content (AvgIpc) is 2.69. The van der Waals surface area contributed by atoms with Crippen molar-refractivity contribution in [3.63, 3.8) is 0 Å². The predicted molar refractivity (Wildman–Crippen MR) is 49.5 cm³/mol. The number of hydrogen-bond acceptors (Lipinski definition) is 3. The third-order valence-corrected chi connectivity index (χ3v) is 1.76. The number of nitrogens with zero attached hydrogens (tertiary/aromatic N) is 1. The molecule has 0 radical (unpaired) electrons. The topological polar surface area (TPSA) is 30.8 Å². The van der Waals surface area contributed by atoms with Crippen molar-refractivity contribution in [1.29, 1.82) is 0 Å². The van der Waals surface area contributed by atoms with Crippen LogP contribution in [0.15, 0.2) is 35.3 Å². The molecule has 0 bridgehead atoms. The molecule has 0 spiro atoms. The number of ether oxygens (including phenoxy) is 2. The van der Waals surface area contributed by atoms with Gasteiger partial charge < -0.3 is 9.47 Å². The number of hydrogen-bond donors (Lipinski definition) is 0. The monoisotopic (exact) mass is 177 g/mol. The molecule has 0 atom stereocenters. The van der Waals surface area contributed by atoms with Crippen molar-refractivity contribution in [2.45, 2.75) is 6.61 Å². The molecule has 0 amide bonds. The standard InChI is InChI=1S/C10H11NO2/c1-2-4-9(5-3-1)8-13-10-11-6-7-12-10/h1-5H,6-8H2. The molecule has 0 N–H and O–H groups in total. The van der Waals surface area contributed by atoms with Crippen molar-refractivity contribution in [2.24, 2.45) is 4.99 Å². The van der Waals surface area contributed by atoms with E-state index in [4.69, 9.17) is 9.47 Å². The molecule has 0 aromatic heterocycles. The maximum Gasteiger partial charge on any atom is 0.383 e. The summed E-state index contributed by atoms with van der Waals surface area (Å²) in [5.41, 5.74) is 1.13. The van der Waals surface area contributed by atoms with E-state index in [1.54, 1.807) is 0 Å². The van der Waals surface area contributed by atoms with Gasteiger partial charge in [0, 0.05) is 0 Å². The summed E-state index contributed by atoms with van der Waals surface area (Å²) >= 11 is 0. The van der Waals surface area contributed by atoms with Gasteiger partial charge in [-0.1, -0.05) is 30.3 Å². The molecular weight excluding hydrogens is 166 g/mol. The fraction of sp³-hybridized carbons (Fsp3) is 0.300. The second kappa shape index (κ2) is 3.94. The Bertz CT molecular complexity index is 295. The summed E-state index contributed by atoms with van der Waals surface area (Å²) in [5, 5.41) is 0. The number of aliphatic imine (C=N–C) groups is 1. The van der Waals surface area contributed by atoms with E-state index in [0.717, 1.165) is 5.56 Å². The molecule has 68 valence electrons. The summed E-state index contributed by atoms with van der Waals surface area (Å²) < 4.78 is 10.4. The third kappa shape index (κ3) is 2.21. The van der Waals surface area contributed by atoms with Gasteiger partial charge in [0.25, 0.3) is 0 Å². The van der Waals surface area contributed by atoms with Crippen molar-refractivity contribution >= 4 is 6.08 Å². The normalized spacial score (nSPS) is 14.9. The minimum Gasteiger partial charge on any atom is -0.449 e. The Morgan fingerprint density at radius 2 is 2.15 bits per heavy atom. The van der Waals surface area contributed by atoms with Gasteiger partial charge in [-0.2, -0.15) is 0 Å². The Hall–Kier alpha value is -1.51. The number of rotatable bonds is 2. The average molecular weight is 177 g/mol. The smallest absolute Gasteiger partial charge is 0.383 e. The van der Waals surface area contributed by atoms with Crippen LogP contribution in [0.1, 0.15) is 5.56 Å². The zero-order valence-corrected chi connectivity index (χ0v) is 7.27. The van der Waals surface area contributed by atoms with Crippen molar-refractivity contribution in [2.75, 3.05) is 13.2 Å². The molecule has 3 heteroatoms. The fourth-order valence-corrected chi connectivity index (χ4v) is 1.12. The highest BCUT2D eigenvalue weighted by Crippen LogP contribution is 2.03. The molecule has 13 heavy (non-hydrogen) atoms. The van der Waals surface area contributed by atoms with Crippen LogP contribution in [0, 0.1) is 0 Å². The Labute approximate surface area is 77.0 Å². The van der Waals surface area contributed by atoms with Crippen LogP contribution >= 0.6 is 0 Å². The number of benzene rings is 1. The molecule has 0 aliphatic carbocycles. The molecule has 3 nitrogen and oxygen atoms in total. The molecule has 1 aromatic carbocycles. The van der Waals surface area contributed by atoms with Crippen LogP contribution in [-0.2, 0) is 16.1 Å². The maximum absolute atomic E-state index is 5.32. The summed E-state index contributed by atoms with van der Waals surface area (Å²) in [6.07, 6.45) is 0.420. The first-order valence-electron chi connectivity index (χ1n) is 4.29. The minimum absolute atomic E-state index is 0.420. The van der Waals surface area contributed by atoms with Crippen molar-refractivity contribution < 1.29 is 9.47 Å². The summed E-state index contributed by atoms with van der Waals surface area (Å²) in [6, 6.07) is 9.96. The van der Waals surface area contributed by atoms with Gasteiger partial charge in [0.2, 0.25) is 0 Å². The molecule has 1 aromatic rings. The predicted octanol–water partition coefficient (Wildman–Crippen LogP) is 1.59. The van der Waals surface area contributed by atoms with Gasteiger partial charge in [-0.05, 0) is 5.56 Å². The van der Waals surface area contributed by atoms with Crippen LogP contribution in [0.2, 0.25) is 0 Å². The van der Waals surface area contributed by atoms with Crippen molar-refractivity contribution in [3.05, 3.63) is 35.9 Å². The summed E-state index contributed by atoms with van der Waals surface area (Å²) in [6.45, 7) is 1.88. The van der Waals surface area contributed by atoms with Gasteiger partial charge in [0.15, 0.2) is 0 Å². The first kappa shape index (κ1) is 8.10. The Balaban J connectivity index is 1.86. The molecule has 0 unspecified atom stereocenters. The highest BCUT2D eigenvalue weighted by molar-refractivity contribution is 5.68. The summed E-state index contributed by atoms with van der Waals surface area (Å²) in [7, 11) is 0. The molecule has 0 fully saturated rings. The van der Waals surface area contributed by atoms with E-state index in [0.29, 0.717) is 25.8 Å². The zero-order valence-electron chi connectivity index (χ0n) is 7.27. The van der Waals surface area contributed by atoms with Gasteiger partial charge in [0.1, 0.15) is 13.2 Å². The molecule has 2 rings (SSSR count). The molecular formula is C10H11NO2. The second-order valence-electron chi connectivity index (χ2n) is 2.77.